The summed E-state index contributed by atoms with van der Waals surface area (Å²) in [5.74, 6) is -1.48. The fraction of sp³-hybridized carbons (Fsp3) is 0.350. The highest BCUT2D eigenvalue weighted by atomic mass is 19.1. The van der Waals surface area contributed by atoms with Gasteiger partial charge in [-0.1, -0.05) is 0 Å². The molecule has 2 amide bonds. The van der Waals surface area contributed by atoms with E-state index in [-0.39, 0.29) is 24.9 Å². The topological polar surface area (TPSA) is 53.6 Å². The molecule has 2 aromatic carbocycles. The lowest BCUT2D eigenvalue weighted by molar-refractivity contribution is 0.246. The van der Waals surface area contributed by atoms with E-state index in [9.17, 15) is 13.6 Å². The Morgan fingerprint density at radius 2 is 1.78 bits per heavy atom. The smallest absolute Gasteiger partial charge is 0.319 e. The van der Waals surface area contributed by atoms with Crippen LogP contribution < -0.4 is 20.3 Å². The van der Waals surface area contributed by atoms with Crippen molar-refractivity contribution in [2.75, 3.05) is 36.5 Å². The predicted octanol–water partition coefficient (Wildman–Crippen LogP) is 4.16. The van der Waals surface area contributed by atoms with Gasteiger partial charge in [0, 0.05) is 30.5 Å². The van der Waals surface area contributed by atoms with Crippen molar-refractivity contribution in [2.24, 2.45) is 0 Å². The number of nitrogens with zero attached hydrogens (tertiary/aromatic N) is 1. The Morgan fingerprint density at radius 3 is 2.48 bits per heavy atom. The normalized spacial score (nSPS) is 13.9. The number of urea groups is 1. The van der Waals surface area contributed by atoms with Gasteiger partial charge in [0.2, 0.25) is 0 Å². The molecule has 3 rings (SSSR count). The van der Waals surface area contributed by atoms with Crippen molar-refractivity contribution >= 4 is 17.4 Å². The number of anilines is 2. The molecule has 7 heteroatoms. The number of benzene rings is 2. The van der Waals surface area contributed by atoms with E-state index in [0.717, 1.165) is 30.9 Å². The second kappa shape index (κ2) is 9.21. The van der Waals surface area contributed by atoms with Crippen LogP contribution >= 0.6 is 0 Å². The molecule has 1 saturated heterocycles. The van der Waals surface area contributed by atoms with E-state index in [1.165, 1.54) is 25.3 Å². The number of piperidine rings is 1. The summed E-state index contributed by atoms with van der Waals surface area (Å²) in [5.41, 5.74) is 1.86. The lowest BCUT2D eigenvalue weighted by Gasteiger charge is -2.28. The summed E-state index contributed by atoms with van der Waals surface area (Å²) in [6.07, 6.45) is 3.71. The van der Waals surface area contributed by atoms with Crippen molar-refractivity contribution in [3.8, 4) is 5.75 Å². The number of amides is 2. The van der Waals surface area contributed by atoms with Gasteiger partial charge in [0.1, 0.15) is 12.4 Å². The summed E-state index contributed by atoms with van der Waals surface area (Å²) in [4.78, 5) is 14.3. The maximum atomic E-state index is 13.4. The van der Waals surface area contributed by atoms with E-state index in [4.69, 9.17) is 4.74 Å². The van der Waals surface area contributed by atoms with Crippen LogP contribution in [0.2, 0.25) is 0 Å². The number of halogens is 2. The minimum absolute atomic E-state index is 0.0492. The number of ether oxygens (including phenoxy) is 1. The Hall–Kier alpha value is -2.83. The summed E-state index contributed by atoms with van der Waals surface area (Å²) >= 11 is 0. The molecule has 0 bridgehead atoms. The zero-order chi connectivity index (χ0) is 19.1. The highest BCUT2D eigenvalue weighted by Crippen LogP contribution is 2.21. The van der Waals surface area contributed by atoms with Gasteiger partial charge in [-0.2, -0.15) is 0 Å². The van der Waals surface area contributed by atoms with Crippen LogP contribution in [0.3, 0.4) is 0 Å². The maximum Gasteiger partial charge on any atom is 0.319 e. The van der Waals surface area contributed by atoms with Gasteiger partial charge in [-0.25, -0.2) is 13.6 Å². The Bertz CT molecular complexity index is 762. The first-order valence-corrected chi connectivity index (χ1v) is 9.09. The van der Waals surface area contributed by atoms with Crippen molar-refractivity contribution in [1.82, 2.24) is 5.32 Å². The number of carbonyl (C=O) groups excluding carboxylic acids is 1. The van der Waals surface area contributed by atoms with Crippen molar-refractivity contribution in [3.63, 3.8) is 0 Å². The molecule has 0 aliphatic carbocycles. The molecule has 5 nitrogen and oxygen atoms in total. The Labute approximate surface area is 157 Å². The zero-order valence-corrected chi connectivity index (χ0v) is 15.0. The molecular weight excluding hydrogens is 352 g/mol. The molecule has 0 radical (unpaired) electrons. The summed E-state index contributed by atoms with van der Waals surface area (Å²) in [6, 6.07) is 10.5. The third-order valence-corrected chi connectivity index (χ3v) is 4.39. The number of nitrogens with one attached hydrogen (secondary N) is 2. The molecule has 0 atom stereocenters. The molecule has 0 saturated carbocycles. The molecule has 1 aliphatic heterocycles. The minimum atomic E-state index is -0.770. The largest absolute Gasteiger partial charge is 0.489 e. The van der Waals surface area contributed by atoms with Crippen LogP contribution in [0.1, 0.15) is 19.3 Å². The van der Waals surface area contributed by atoms with E-state index >= 15 is 0 Å². The first-order valence-electron chi connectivity index (χ1n) is 9.09. The highest BCUT2D eigenvalue weighted by Gasteiger charge is 2.11. The Balaban J connectivity index is 1.40. The van der Waals surface area contributed by atoms with Gasteiger partial charge < -0.3 is 20.3 Å². The summed E-state index contributed by atoms with van der Waals surface area (Å²) in [5, 5.41) is 5.37. The van der Waals surface area contributed by atoms with E-state index in [1.807, 2.05) is 24.3 Å². The lowest BCUT2D eigenvalue weighted by atomic mass is 10.1. The van der Waals surface area contributed by atoms with E-state index in [0.29, 0.717) is 5.69 Å². The molecule has 0 aromatic heterocycles. The Morgan fingerprint density at radius 1 is 1.04 bits per heavy atom. The third kappa shape index (κ3) is 5.57. The molecule has 27 heavy (non-hydrogen) atoms. The van der Waals surface area contributed by atoms with Crippen molar-refractivity contribution in [2.45, 2.75) is 19.3 Å². The van der Waals surface area contributed by atoms with Crippen LogP contribution in [0.4, 0.5) is 25.0 Å². The molecule has 144 valence electrons. The van der Waals surface area contributed by atoms with Crippen LogP contribution in [0, 0.1) is 11.6 Å². The minimum Gasteiger partial charge on any atom is -0.489 e. The first-order chi connectivity index (χ1) is 13.1. The van der Waals surface area contributed by atoms with E-state index in [2.05, 4.69) is 15.5 Å². The standard InChI is InChI=1S/C20H23F2N3O2/c21-15-4-9-19(18(22)14-15)27-13-10-23-20(26)24-16-5-7-17(8-6-16)25-11-2-1-3-12-25/h4-9,14H,1-3,10-13H2,(H2,23,24,26). The number of hydrogen-bond donors (Lipinski definition) is 2. The van der Waals surface area contributed by atoms with Gasteiger partial charge in [-0.15, -0.1) is 0 Å². The number of hydrogen-bond acceptors (Lipinski definition) is 3. The average molecular weight is 375 g/mol. The molecule has 2 N–H and O–H groups in total. The summed E-state index contributed by atoms with van der Waals surface area (Å²) in [6.45, 7) is 2.40. The predicted molar refractivity (Wildman–Crippen MR) is 101 cm³/mol. The van der Waals surface area contributed by atoms with E-state index < -0.39 is 11.6 Å². The monoisotopic (exact) mass is 375 g/mol. The highest BCUT2D eigenvalue weighted by molar-refractivity contribution is 5.89. The number of carbonyl (C=O) groups is 1. The molecular formula is C20H23F2N3O2. The van der Waals surface area contributed by atoms with Crippen LogP contribution in [-0.4, -0.2) is 32.3 Å². The van der Waals surface area contributed by atoms with E-state index in [1.54, 1.807) is 0 Å². The quantitative estimate of drug-likeness (QED) is 0.746. The van der Waals surface area contributed by atoms with Gasteiger partial charge in [0.05, 0.1) is 6.54 Å². The van der Waals surface area contributed by atoms with Gasteiger partial charge >= 0.3 is 6.03 Å². The molecule has 0 spiro atoms. The van der Waals surface area contributed by atoms with Crippen LogP contribution in [0.25, 0.3) is 0 Å². The van der Waals surface area contributed by atoms with Crippen molar-refractivity contribution < 1.29 is 18.3 Å². The summed E-state index contributed by atoms with van der Waals surface area (Å²) < 4.78 is 31.4. The molecule has 1 heterocycles. The molecule has 1 aliphatic rings. The first kappa shape index (κ1) is 18.9. The summed E-state index contributed by atoms with van der Waals surface area (Å²) in [7, 11) is 0. The fourth-order valence-corrected chi connectivity index (χ4v) is 3.00. The maximum absolute atomic E-state index is 13.4. The van der Waals surface area contributed by atoms with Gasteiger partial charge in [0.15, 0.2) is 11.6 Å². The Kier molecular flexibility index (Phi) is 6.46. The van der Waals surface area contributed by atoms with Crippen molar-refractivity contribution in [1.29, 1.82) is 0 Å². The third-order valence-electron chi connectivity index (χ3n) is 4.39. The second-order valence-corrected chi connectivity index (χ2v) is 6.40. The van der Waals surface area contributed by atoms with Crippen molar-refractivity contribution in [3.05, 3.63) is 54.1 Å². The zero-order valence-electron chi connectivity index (χ0n) is 15.0. The molecule has 0 unspecified atom stereocenters. The van der Waals surface area contributed by atoms with Gasteiger partial charge in [0.25, 0.3) is 0 Å². The lowest BCUT2D eigenvalue weighted by Crippen LogP contribution is -2.32. The molecule has 1 fully saturated rings. The van der Waals surface area contributed by atoms with Gasteiger partial charge in [-0.3, -0.25) is 0 Å². The van der Waals surface area contributed by atoms with Crippen LogP contribution in [0.15, 0.2) is 42.5 Å². The SMILES string of the molecule is O=C(NCCOc1ccc(F)cc1F)Nc1ccc(N2CCCCC2)cc1. The number of rotatable bonds is 6. The van der Waals surface area contributed by atoms with Gasteiger partial charge in [-0.05, 0) is 55.7 Å². The second-order valence-electron chi connectivity index (χ2n) is 6.40. The molecule has 2 aromatic rings. The van der Waals surface area contributed by atoms with Crippen LogP contribution in [-0.2, 0) is 0 Å². The van der Waals surface area contributed by atoms with Crippen LogP contribution in [0.5, 0.6) is 5.75 Å². The fourth-order valence-electron chi connectivity index (χ4n) is 3.00. The average Bonchev–Trinajstić information content (AvgIpc) is 2.68.